The third-order valence-electron chi connectivity index (χ3n) is 8.06. The highest BCUT2D eigenvalue weighted by atomic mass is 16.5. The standard InChI is InChI=1S/C24H44N2O2/c1-25-16-22(21-14-13-18-9-7-8-12-20(18)15-21)24(19-10-5-4-6-11-19)28-17-23(27)26(2)3/h18-22,24-25H,4-17H2,1-3H3/t18?,20?,21?,22-,24-/m1/s1. The molecule has 28 heavy (non-hydrogen) atoms. The lowest BCUT2D eigenvalue weighted by molar-refractivity contribution is -0.141. The van der Waals surface area contributed by atoms with Crippen molar-refractivity contribution in [2.24, 2.45) is 29.6 Å². The average Bonchev–Trinajstić information content (AvgIpc) is 2.73. The van der Waals surface area contributed by atoms with Crippen LogP contribution in [-0.2, 0) is 9.53 Å². The Hall–Kier alpha value is -0.610. The number of fused-ring (bicyclic) bond motifs is 1. The third kappa shape index (κ3) is 5.72. The van der Waals surface area contributed by atoms with Gasteiger partial charge >= 0.3 is 0 Å². The molecule has 0 aromatic heterocycles. The maximum atomic E-state index is 12.3. The summed E-state index contributed by atoms with van der Waals surface area (Å²) in [7, 11) is 5.75. The van der Waals surface area contributed by atoms with Gasteiger partial charge in [0.05, 0.1) is 6.10 Å². The second-order valence-electron chi connectivity index (χ2n) is 10.1. The fourth-order valence-corrected chi connectivity index (χ4v) is 6.45. The molecule has 3 saturated carbocycles. The number of nitrogens with zero attached hydrogens (tertiary/aromatic N) is 1. The van der Waals surface area contributed by atoms with Gasteiger partial charge in [0.2, 0.25) is 5.91 Å². The Morgan fingerprint density at radius 1 is 0.929 bits per heavy atom. The van der Waals surface area contributed by atoms with Gasteiger partial charge in [0.15, 0.2) is 0 Å². The zero-order valence-corrected chi connectivity index (χ0v) is 18.6. The molecule has 3 unspecified atom stereocenters. The molecule has 3 rings (SSSR count). The highest BCUT2D eigenvalue weighted by Gasteiger charge is 2.40. The molecule has 0 aromatic rings. The van der Waals surface area contributed by atoms with Crippen LogP contribution in [-0.4, -0.2) is 51.2 Å². The van der Waals surface area contributed by atoms with Gasteiger partial charge < -0.3 is 15.0 Å². The summed E-state index contributed by atoms with van der Waals surface area (Å²) >= 11 is 0. The van der Waals surface area contributed by atoms with Crippen LogP contribution in [0.3, 0.4) is 0 Å². The fraction of sp³-hybridized carbons (Fsp3) is 0.958. The number of amides is 1. The van der Waals surface area contributed by atoms with Gasteiger partial charge in [0.25, 0.3) is 0 Å². The molecule has 3 aliphatic rings. The van der Waals surface area contributed by atoms with E-state index in [4.69, 9.17) is 4.74 Å². The second kappa shape index (κ2) is 11.0. The Labute approximate surface area is 173 Å². The summed E-state index contributed by atoms with van der Waals surface area (Å²) in [4.78, 5) is 13.9. The molecule has 162 valence electrons. The van der Waals surface area contributed by atoms with E-state index in [-0.39, 0.29) is 18.6 Å². The van der Waals surface area contributed by atoms with Gasteiger partial charge in [-0.2, -0.15) is 0 Å². The molecule has 4 heteroatoms. The number of hydrogen-bond donors (Lipinski definition) is 1. The summed E-state index contributed by atoms with van der Waals surface area (Å²) in [6, 6.07) is 0. The van der Waals surface area contributed by atoms with Crippen LogP contribution in [0.15, 0.2) is 0 Å². The number of rotatable bonds is 8. The minimum atomic E-state index is 0.0972. The van der Waals surface area contributed by atoms with Crippen molar-refractivity contribution in [3.8, 4) is 0 Å². The number of ether oxygens (including phenoxy) is 1. The molecular formula is C24H44N2O2. The van der Waals surface area contributed by atoms with Gasteiger partial charge in [-0.05, 0) is 62.8 Å². The predicted octanol–water partition coefficient (Wildman–Crippen LogP) is 4.48. The van der Waals surface area contributed by atoms with Gasteiger partial charge in [0.1, 0.15) is 6.61 Å². The van der Waals surface area contributed by atoms with E-state index in [2.05, 4.69) is 12.4 Å². The summed E-state index contributed by atoms with van der Waals surface area (Å²) in [5.41, 5.74) is 0. The Bertz CT molecular complexity index is 475. The van der Waals surface area contributed by atoms with Crippen molar-refractivity contribution >= 4 is 5.91 Å². The van der Waals surface area contributed by atoms with Gasteiger partial charge in [-0.25, -0.2) is 0 Å². The van der Waals surface area contributed by atoms with Crippen molar-refractivity contribution in [3.05, 3.63) is 0 Å². The first-order chi connectivity index (χ1) is 13.6. The van der Waals surface area contributed by atoms with Gasteiger partial charge in [-0.15, -0.1) is 0 Å². The molecular weight excluding hydrogens is 348 g/mol. The lowest BCUT2D eigenvalue weighted by Crippen LogP contribution is -2.45. The molecule has 4 nitrogen and oxygen atoms in total. The van der Waals surface area contributed by atoms with Crippen LogP contribution in [0, 0.1) is 29.6 Å². The molecule has 1 N–H and O–H groups in total. The van der Waals surface area contributed by atoms with Crippen LogP contribution in [0.4, 0.5) is 0 Å². The number of nitrogens with one attached hydrogen (secondary N) is 1. The Morgan fingerprint density at radius 3 is 2.29 bits per heavy atom. The number of hydrogen-bond acceptors (Lipinski definition) is 3. The van der Waals surface area contributed by atoms with Crippen molar-refractivity contribution in [3.63, 3.8) is 0 Å². The van der Waals surface area contributed by atoms with Crippen LogP contribution >= 0.6 is 0 Å². The first-order valence-corrected chi connectivity index (χ1v) is 12.1. The van der Waals surface area contributed by atoms with E-state index in [9.17, 15) is 4.79 Å². The van der Waals surface area contributed by atoms with Crippen molar-refractivity contribution in [1.82, 2.24) is 10.2 Å². The highest BCUT2D eigenvalue weighted by Crippen LogP contribution is 2.47. The van der Waals surface area contributed by atoms with E-state index >= 15 is 0 Å². The lowest BCUT2D eigenvalue weighted by Gasteiger charge is -2.45. The molecule has 1 amide bonds. The Kier molecular flexibility index (Phi) is 8.65. The summed E-state index contributed by atoms with van der Waals surface area (Å²) < 4.78 is 6.48. The van der Waals surface area contributed by atoms with E-state index in [0.29, 0.717) is 11.8 Å². The highest BCUT2D eigenvalue weighted by molar-refractivity contribution is 5.76. The summed E-state index contributed by atoms with van der Waals surface area (Å²) in [6.45, 7) is 1.27. The topological polar surface area (TPSA) is 41.6 Å². The van der Waals surface area contributed by atoms with Crippen LogP contribution in [0.2, 0.25) is 0 Å². The van der Waals surface area contributed by atoms with Crippen LogP contribution in [0.5, 0.6) is 0 Å². The number of likely N-dealkylation sites (N-methyl/N-ethyl adjacent to an activating group) is 1. The van der Waals surface area contributed by atoms with E-state index < -0.39 is 0 Å². The molecule has 0 spiro atoms. The number of carbonyl (C=O) groups is 1. The van der Waals surface area contributed by atoms with Crippen molar-refractivity contribution in [1.29, 1.82) is 0 Å². The van der Waals surface area contributed by atoms with E-state index in [1.54, 1.807) is 4.90 Å². The summed E-state index contributed by atoms with van der Waals surface area (Å²) in [6.07, 6.45) is 16.8. The SMILES string of the molecule is CNC[C@H](C1CCC2CCCCC2C1)[C@H](OCC(=O)N(C)C)C1CCCCC1. The first kappa shape index (κ1) is 22.1. The predicted molar refractivity (Wildman–Crippen MR) is 115 cm³/mol. The smallest absolute Gasteiger partial charge is 0.248 e. The molecule has 0 saturated heterocycles. The zero-order chi connectivity index (χ0) is 19.9. The van der Waals surface area contributed by atoms with Crippen molar-refractivity contribution in [2.45, 2.75) is 83.2 Å². The number of carbonyl (C=O) groups excluding carboxylic acids is 1. The molecule has 3 aliphatic carbocycles. The maximum Gasteiger partial charge on any atom is 0.248 e. The van der Waals surface area contributed by atoms with E-state index in [0.717, 1.165) is 24.3 Å². The average molecular weight is 393 g/mol. The monoisotopic (exact) mass is 392 g/mol. The normalized spacial score (nSPS) is 31.0. The van der Waals surface area contributed by atoms with Crippen molar-refractivity contribution in [2.75, 3.05) is 34.3 Å². The lowest BCUT2D eigenvalue weighted by atomic mass is 9.63. The fourth-order valence-electron chi connectivity index (χ4n) is 6.45. The largest absolute Gasteiger partial charge is 0.368 e. The molecule has 3 fully saturated rings. The van der Waals surface area contributed by atoms with Gasteiger partial charge in [0, 0.05) is 26.6 Å². The minimum absolute atomic E-state index is 0.0972. The van der Waals surface area contributed by atoms with E-state index in [1.807, 2.05) is 14.1 Å². The molecule has 0 bridgehead atoms. The van der Waals surface area contributed by atoms with E-state index in [1.165, 1.54) is 77.0 Å². The quantitative estimate of drug-likeness (QED) is 0.662. The molecule has 0 aromatic carbocycles. The van der Waals surface area contributed by atoms with Crippen LogP contribution < -0.4 is 5.32 Å². The Morgan fingerprint density at radius 2 is 1.61 bits per heavy atom. The van der Waals surface area contributed by atoms with Gasteiger partial charge in [-0.3, -0.25) is 4.79 Å². The first-order valence-electron chi connectivity index (χ1n) is 12.1. The maximum absolute atomic E-state index is 12.3. The molecule has 0 heterocycles. The Balaban J connectivity index is 1.71. The summed E-state index contributed by atoms with van der Waals surface area (Å²) in [5.74, 6) is 3.97. The second-order valence-corrected chi connectivity index (χ2v) is 10.1. The van der Waals surface area contributed by atoms with Crippen LogP contribution in [0.1, 0.15) is 77.0 Å². The summed E-state index contributed by atoms with van der Waals surface area (Å²) in [5, 5.41) is 3.49. The third-order valence-corrected chi connectivity index (χ3v) is 8.06. The molecule has 5 atom stereocenters. The van der Waals surface area contributed by atoms with Gasteiger partial charge in [-0.1, -0.05) is 44.9 Å². The molecule has 0 radical (unpaired) electrons. The van der Waals surface area contributed by atoms with Crippen LogP contribution in [0.25, 0.3) is 0 Å². The minimum Gasteiger partial charge on any atom is -0.368 e. The zero-order valence-electron chi connectivity index (χ0n) is 18.6. The van der Waals surface area contributed by atoms with Crippen molar-refractivity contribution < 1.29 is 9.53 Å². The molecule has 0 aliphatic heterocycles.